The van der Waals surface area contributed by atoms with Crippen LogP contribution in [0.5, 0.6) is 0 Å². The van der Waals surface area contributed by atoms with Crippen molar-refractivity contribution < 1.29 is 62.8 Å². The van der Waals surface area contributed by atoms with Crippen molar-refractivity contribution in [2.45, 2.75) is 195 Å². The van der Waals surface area contributed by atoms with Crippen molar-refractivity contribution in [2.75, 3.05) is 74.9 Å². The van der Waals surface area contributed by atoms with E-state index in [2.05, 4.69) is 61.4 Å². The Morgan fingerprint density at radius 1 is 0.798 bits per heavy atom. The molecule has 4 aliphatic rings. The number of carbonyl (C=O) groups is 5. The number of sulfonamides is 1. The first-order chi connectivity index (χ1) is 49.1. The number of anilines is 2. The molecule has 9 rings (SSSR count). The first kappa shape index (κ1) is 80.8. The van der Waals surface area contributed by atoms with E-state index < -0.39 is 76.7 Å². The van der Waals surface area contributed by atoms with Gasteiger partial charge in [0.15, 0.2) is 0 Å². The van der Waals surface area contributed by atoms with E-state index in [-0.39, 0.29) is 77.3 Å². The number of nitrogens with one attached hydrogen (secondary N) is 5. The number of benzene rings is 4. The molecule has 0 saturated carbocycles. The maximum atomic E-state index is 14.6. The lowest BCUT2D eigenvalue weighted by Gasteiger charge is -2.39. The molecule has 4 aromatic carbocycles. The minimum Gasteiger partial charge on any atom is -0.380 e. The number of alkyl halides is 5. The van der Waals surface area contributed by atoms with Crippen LogP contribution in [0.1, 0.15) is 159 Å². The second-order valence-electron chi connectivity index (χ2n) is 29.7. The van der Waals surface area contributed by atoms with Crippen LogP contribution in [-0.4, -0.2) is 167 Å². The van der Waals surface area contributed by atoms with Gasteiger partial charge in [-0.05, 0) is 167 Å². The highest BCUT2D eigenvalue weighted by molar-refractivity contribution is 7.99. The highest BCUT2D eigenvalue weighted by Crippen LogP contribution is 2.42. The molecule has 5 aromatic rings. The molecule has 19 nitrogen and oxygen atoms in total. The summed E-state index contributed by atoms with van der Waals surface area (Å²) in [5, 5.41) is 12.2. The predicted molar refractivity (Wildman–Crippen MR) is 399 cm³/mol. The SMILES string of the molecule is C=C(CCC1=C(CN2CCN(c3ccc(C(=O)NS(=O)(=O)c4ccc(N[C@H](CCN5CC[C@H](NC(=O)CCCCCC(=O)NC(C(=O)N6CCC[C@H]6C(=O)N[C@@H](C)c6ccc(-c7scnc7C)cc6)C(C)(C)C)C5)CSc5ccccc5)c(S(=O)(=O)C(F)(F)F)c4)cc3)CC2)CCC(C)(C)C1)C(F)F. The number of carbonyl (C=O) groups excluding carboxylic acids is 5. The zero-order chi connectivity index (χ0) is 75.3. The smallest absolute Gasteiger partial charge is 0.380 e. The number of aryl methyl sites for hydroxylation is 1. The lowest BCUT2D eigenvalue weighted by atomic mass is 9.73. The fourth-order valence-corrected chi connectivity index (χ4v) is 17.7. The van der Waals surface area contributed by atoms with Crippen molar-refractivity contribution in [1.29, 1.82) is 0 Å². The van der Waals surface area contributed by atoms with Crippen molar-refractivity contribution >= 4 is 83.9 Å². The van der Waals surface area contributed by atoms with E-state index in [9.17, 15) is 62.8 Å². The number of likely N-dealkylation sites (tertiary alicyclic amines) is 2. The van der Waals surface area contributed by atoms with E-state index >= 15 is 0 Å². The second kappa shape index (κ2) is 35.4. The van der Waals surface area contributed by atoms with E-state index in [0.29, 0.717) is 110 Å². The van der Waals surface area contributed by atoms with Crippen LogP contribution in [0.25, 0.3) is 10.4 Å². The molecule has 5 amide bonds. The molecule has 0 radical (unpaired) electrons. The fraction of sp³-hybridized carbons (Fsp3) is 0.526. The third kappa shape index (κ3) is 22.0. The number of allylic oxidation sites excluding steroid dienone is 2. The zero-order valence-electron chi connectivity index (χ0n) is 60.4. The summed E-state index contributed by atoms with van der Waals surface area (Å²) < 4.78 is 127. The van der Waals surface area contributed by atoms with Gasteiger partial charge in [0.05, 0.1) is 32.7 Å². The summed E-state index contributed by atoms with van der Waals surface area (Å²) in [7, 11) is -11.2. The van der Waals surface area contributed by atoms with Crippen LogP contribution in [0.15, 0.2) is 141 Å². The van der Waals surface area contributed by atoms with Crippen molar-refractivity contribution in [1.82, 2.24) is 40.4 Å². The summed E-state index contributed by atoms with van der Waals surface area (Å²) in [6.45, 7) is 22.7. The molecule has 3 aliphatic heterocycles. The number of hydrogen-bond donors (Lipinski definition) is 5. The minimum absolute atomic E-state index is 0.0554. The zero-order valence-corrected chi connectivity index (χ0v) is 63.7. The van der Waals surface area contributed by atoms with Gasteiger partial charge in [0, 0.05) is 106 Å². The van der Waals surface area contributed by atoms with Gasteiger partial charge in [0.2, 0.25) is 23.6 Å². The molecule has 104 heavy (non-hydrogen) atoms. The van der Waals surface area contributed by atoms with Crippen LogP contribution in [0.4, 0.5) is 33.3 Å². The summed E-state index contributed by atoms with van der Waals surface area (Å²) >= 11 is 2.95. The Morgan fingerprint density at radius 2 is 1.49 bits per heavy atom. The lowest BCUT2D eigenvalue weighted by molar-refractivity contribution is -0.144. The molecule has 566 valence electrons. The van der Waals surface area contributed by atoms with Gasteiger partial charge in [-0.1, -0.05) is 101 Å². The van der Waals surface area contributed by atoms with Gasteiger partial charge in [-0.15, -0.1) is 23.1 Å². The number of rotatable bonds is 32. The normalized spacial score (nSPS) is 18.6. The topological polar surface area (TPSA) is 240 Å². The standard InChI is InChI=1S/C76H99F5N10O9S4/c1-50(70(77)78)21-22-56-45-75(7,8)36-33-57(56)46-89-40-42-90(43-41-89)60-29-27-55(28-30-60)71(94)87-104(99,100)62-31-32-63(65(44-62)103(97,98)76(79,80)81)84-59(48-101-61-16-11-9-12-17-61)35-39-88-38-34-58(47-88)85-66(92)19-13-10-14-20-67(93)86-69(74(4,5)6)73(96)91-37-15-18-64(91)72(95)83-51(2)53-23-25-54(26-24-53)68-52(3)82-49-102-68/h9,11-12,16-17,23-32,44,49,51,58-59,64,69-70,84H,1,10,13-15,18-22,33-43,45-48H2,2-8H3,(H,83,95)(H,85,92)(H,86,93)(H,87,94)/t51-,58-,59+,64-,69?/m0/s1. The maximum absolute atomic E-state index is 14.6. The Morgan fingerprint density at radius 3 is 2.14 bits per heavy atom. The van der Waals surface area contributed by atoms with Crippen LogP contribution in [0.2, 0.25) is 0 Å². The number of thioether (sulfide) groups is 1. The van der Waals surface area contributed by atoms with Crippen molar-refractivity contribution in [3.63, 3.8) is 0 Å². The quantitative estimate of drug-likeness (QED) is 0.0116. The number of aromatic nitrogens is 1. The molecule has 3 fully saturated rings. The van der Waals surface area contributed by atoms with Gasteiger partial charge >= 0.3 is 5.51 Å². The number of unbranched alkanes of at least 4 members (excludes halogenated alkanes) is 2. The van der Waals surface area contributed by atoms with E-state index in [4.69, 9.17) is 0 Å². The van der Waals surface area contributed by atoms with Gasteiger partial charge in [0.25, 0.3) is 32.2 Å². The number of thiazole rings is 1. The Kier molecular flexibility index (Phi) is 27.6. The number of piperazine rings is 1. The third-order valence-corrected chi connectivity index (χ3v) is 25.1. The van der Waals surface area contributed by atoms with Crippen LogP contribution in [0.3, 0.4) is 0 Å². The second-order valence-corrected chi connectivity index (χ2v) is 35.2. The molecular formula is C76H99F5N10O9S4. The molecule has 4 heterocycles. The Hall–Kier alpha value is -7.24. The molecular weight excluding hydrogens is 1420 g/mol. The van der Waals surface area contributed by atoms with Crippen molar-refractivity contribution in [3.05, 3.63) is 143 Å². The average Bonchev–Trinajstić information content (AvgIpc) is 0.964. The fourth-order valence-electron chi connectivity index (χ4n) is 13.9. The predicted octanol–water partition coefficient (Wildman–Crippen LogP) is 13.3. The van der Waals surface area contributed by atoms with E-state index in [1.54, 1.807) is 28.4 Å². The average molecular weight is 1520 g/mol. The summed E-state index contributed by atoms with van der Waals surface area (Å²) in [5.41, 5.74) is 0.974. The summed E-state index contributed by atoms with van der Waals surface area (Å²) in [4.78, 5) is 80.4. The van der Waals surface area contributed by atoms with Gasteiger partial charge < -0.3 is 36.0 Å². The summed E-state index contributed by atoms with van der Waals surface area (Å²) in [5.74, 6) is -1.88. The van der Waals surface area contributed by atoms with Crippen LogP contribution >= 0.6 is 23.1 Å². The van der Waals surface area contributed by atoms with E-state index in [1.165, 1.54) is 35.0 Å². The number of hydrogen-bond acceptors (Lipinski definition) is 16. The monoisotopic (exact) mass is 1520 g/mol. The first-order valence-corrected chi connectivity index (χ1v) is 40.6. The number of sulfone groups is 1. The number of halogens is 5. The molecule has 1 aliphatic carbocycles. The van der Waals surface area contributed by atoms with Gasteiger partial charge in [-0.2, -0.15) is 13.2 Å². The third-order valence-electron chi connectivity index (χ3n) is 20.0. The summed E-state index contributed by atoms with van der Waals surface area (Å²) in [6.07, 6.45) is 4.94. The van der Waals surface area contributed by atoms with Crippen LogP contribution in [-0.2, 0) is 39.0 Å². The Labute approximate surface area is 617 Å². The molecule has 1 aromatic heterocycles. The maximum Gasteiger partial charge on any atom is 0.501 e. The highest BCUT2D eigenvalue weighted by atomic mass is 32.2. The number of amides is 5. The Bertz CT molecular complexity index is 4090. The molecule has 28 heteroatoms. The van der Waals surface area contributed by atoms with Gasteiger partial charge in [0.1, 0.15) is 17.0 Å². The molecule has 0 spiro atoms. The minimum atomic E-state index is -6.20. The molecule has 5 atom stereocenters. The lowest BCUT2D eigenvalue weighted by Crippen LogP contribution is -2.57. The van der Waals surface area contributed by atoms with Crippen LogP contribution in [0, 0.1) is 17.8 Å². The highest BCUT2D eigenvalue weighted by Gasteiger charge is 2.49. The van der Waals surface area contributed by atoms with Gasteiger partial charge in [-0.3, -0.25) is 28.9 Å². The summed E-state index contributed by atoms with van der Waals surface area (Å²) in [6, 6.07) is 22.9. The van der Waals surface area contributed by atoms with E-state index in [0.717, 1.165) is 70.2 Å². The molecule has 3 saturated heterocycles. The largest absolute Gasteiger partial charge is 0.501 e. The molecule has 0 bridgehead atoms. The van der Waals surface area contributed by atoms with Crippen LogP contribution < -0.4 is 30.9 Å². The molecule has 1 unspecified atom stereocenters. The van der Waals surface area contributed by atoms with Crippen molar-refractivity contribution in [3.8, 4) is 10.4 Å². The first-order valence-electron chi connectivity index (χ1n) is 35.8. The van der Waals surface area contributed by atoms with E-state index in [1.807, 2.05) is 99.4 Å². The Balaban J connectivity index is 0.739. The van der Waals surface area contributed by atoms with Gasteiger partial charge in [-0.25, -0.2) is 35.3 Å². The van der Waals surface area contributed by atoms with Crippen molar-refractivity contribution in [2.24, 2.45) is 10.8 Å². The number of nitrogens with zero attached hydrogens (tertiary/aromatic N) is 5. The molecule has 5 N–H and O–H groups in total.